The van der Waals surface area contributed by atoms with Gasteiger partial charge in [0.05, 0.1) is 12.7 Å². The van der Waals surface area contributed by atoms with Gasteiger partial charge in [0, 0.05) is 25.7 Å². The zero-order valence-electron chi connectivity index (χ0n) is 14.2. The molecule has 20 heavy (non-hydrogen) atoms. The maximum absolute atomic E-state index is 9.35. The topological polar surface area (TPSA) is 48.3 Å². The molecular formula is C16H33N3O. The third-order valence-electron chi connectivity index (χ3n) is 3.77. The van der Waals surface area contributed by atoms with Crippen LogP contribution in [0.2, 0.25) is 0 Å². The molecule has 4 nitrogen and oxygen atoms in total. The molecule has 0 aromatic heterocycles. The zero-order chi connectivity index (χ0) is 15.6. The molecule has 0 aliphatic rings. The molecule has 0 aliphatic carbocycles. The molecule has 0 spiro atoms. The maximum Gasteiger partial charge on any atom is 0.104 e. The molecule has 0 saturated heterocycles. The van der Waals surface area contributed by atoms with Gasteiger partial charge >= 0.3 is 0 Å². The molecule has 0 fully saturated rings. The summed E-state index contributed by atoms with van der Waals surface area (Å²) in [6.07, 6.45) is 3.04. The highest BCUT2D eigenvalue weighted by atomic mass is 16.5. The van der Waals surface area contributed by atoms with Crippen molar-refractivity contribution in [1.29, 1.82) is 5.26 Å². The lowest BCUT2D eigenvalue weighted by Gasteiger charge is -2.30. The van der Waals surface area contributed by atoms with Crippen molar-refractivity contribution in [1.82, 2.24) is 10.2 Å². The summed E-state index contributed by atoms with van der Waals surface area (Å²) in [5.74, 6) is 0. The first-order chi connectivity index (χ1) is 9.38. The molecule has 2 atom stereocenters. The van der Waals surface area contributed by atoms with Crippen molar-refractivity contribution in [3.05, 3.63) is 0 Å². The van der Waals surface area contributed by atoms with Gasteiger partial charge in [-0.25, -0.2) is 0 Å². The molecule has 2 unspecified atom stereocenters. The van der Waals surface area contributed by atoms with Crippen molar-refractivity contribution in [2.75, 3.05) is 26.8 Å². The third-order valence-corrected chi connectivity index (χ3v) is 3.77. The van der Waals surface area contributed by atoms with Gasteiger partial charge in [-0.1, -0.05) is 6.92 Å². The second-order valence-electron chi connectivity index (χ2n) is 6.13. The number of rotatable bonds is 11. The van der Waals surface area contributed by atoms with Crippen LogP contribution in [0.25, 0.3) is 0 Å². The predicted molar refractivity (Wildman–Crippen MR) is 84.7 cm³/mol. The first-order valence-electron chi connectivity index (χ1n) is 7.80. The SMILES string of the molecule is CCC(C)N(CCCC(C)(C#N)NC(C)C)CCOC. The Morgan fingerprint density at radius 2 is 1.95 bits per heavy atom. The van der Waals surface area contributed by atoms with Crippen molar-refractivity contribution < 1.29 is 4.74 Å². The van der Waals surface area contributed by atoms with Crippen molar-refractivity contribution in [2.45, 2.75) is 71.5 Å². The van der Waals surface area contributed by atoms with Gasteiger partial charge in [-0.2, -0.15) is 5.26 Å². The summed E-state index contributed by atoms with van der Waals surface area (Å²) in [7, 11) is 1.74. The van der Waals surface area contributed by atoms with E-state index in [9.17, 15) is 5.26 Å². The fourth-order valence-electron chi connectivity index (χ4n) is 2.45. The minimum absolute atomic E-state index is 0.332. The van der Waals surface area contributed by atoms with Crippen molar-refractivity contribution >= 4 is 0 Å². The Morgan fingerprint density at radius 3 is 2.40 bits per heavy atom. The van der Waals surface area contributed by atoms with Crippen LogP contribution in [0.3, 0.4) is 0 Å². The van der Waals surface area contributed by atoms with Crippen molar-refractivity contribution in [3.8, 4) is 6.07 Å². The predicted octanol–water partition coefficient (Wildman–Crippen LogP) is 2.79. The minimum Gasteiger partial charge on any atom is -0.383 e. The summed E-state index contributed by atoms with van der Waals surface area (Å²) in [6.45, 7) is 13.4. The van der Waals surface area contributed by atoms with E-state index in [2.05, 4.69) is 44.0 Å². The Bertz CT molecular complexity index is 288. The molecule has 0 amide bonds. The van der Waals surface area contributed by atoms with Gasteiger partial charge in [0.1, 0.15) is 5.54 Å². The second-order valence-corrected chi connectivity index (χ2v) is 6.13. The Morgan fingerprint density at radius 1 is 1.30 bits per heavy atom. The van der Waals surface area contributed by atoms with Crippen LogP contribution in [-0.2, 0) is 4.74 Å². The third kappa shape index (κ3) is 7.84. The number of methoxy groups -OCH3 is 1. The van der Waals surface area contributed by atoms with E-state index in [0.717, 1.165) is 39.0 Å². The first-order valence-corrected chi connectivity index (χ1v) is 7.80. The molecule has 0 aromatic carbocycles. The maximum atomic E-state index is 9.35. The highest BCUT2D eigenvalue weighted by Crippen LogP contribution is 2.14. The van der Waals surface area contributed by atoms with Crippen LogP contribution < -0.4 is 5.32 Å². The van der Waals surface area contributed by atoms with Crippen LogP contribution in [0.5, 0.6) is 0 Å². The normalized spacial score (nSPS) is 16.1. The van der Waals surface area contributed by atoms with Crippen molar-refractivity contribution in [3.63, 3.8) is 0 Å². The van der Waals surface area contributed by atoms with E-state index in [0.29, 0.717) is 12.1 Å². The van der Waals surface area contributed by atoms with Gasteiger partial charge in [-0.3, -0.25) is 10.2 Å². The number of ether oxygens (including phenoxy) is 1. The Hall–Kier alpha value is -0.630. The fourth-order valence-corrected chi connectivity index (χ4v) is 2.45. The smallest absolute Gasteiger partial charge is 0.104 e. The summed E-state index contributed by atoms with van der Waals surface area (Å²) in [4.78, 5) is 2.46. The van der Waals surface area contributed by atoms with E-state index in [1.54, 1.807) is 7.11 Å². The van der Waals surface area contributed by atoms with Gasteiger partial charge in [-0.15, -0.1) is 0 Å². The number of nitriles is 1. The fraction of sp³-hybridized carbons (Fsp3) is 0.938. The van der Waals surface area contributed by atoms with Gasteiger partial charge in [-0.05, 0) is 53.5 Å². The lowest BCUT2D eigenvalue weighted by molar-refractivity contribution is 0.120. The molecule has 0 rings (SSSR count). The Kier molecular flexibility index (Phi) is 9.83. The van der Waals surface area contributed by atoms with Crippen molar-refractivity contribution in [2.24, 2.45) is 0 Å². The van der Waals surface area contributed by atoms with Crippen LogP contribution >= 0.6 is 0 Å². The van der Waals surface area contributed by atoms with Gasteiger partial charge in [0.25, 0.3) is 0 Å². The van der Waals surface area contributed by atoms with E-state index < -0.39 is 5.54 Å². The molecule has 0 bridgehead atoms. The van der Waals surface area contributed by atoms with E-state index in [1.165, 1.54) is 0 Å². The van der Waals surface area contributed by atoms with Crippen LogP contribution in [-0.4, -0.2) is 49.3 Å². The number of nitrogens with zero attached hydrogens (tertiary/aromatic N) is 2. The molecule has 118 valence electrons. The lowest BCUT2D eigenvalue weighted by Crippen LogP contribution is -2.45. The summed E-state index contributed by atoms with van der Waals surface area (Å²) < 4.78 is 5.18. The van der Waals surface area contributed by atoms with E-state index in [1.807, 2.05) is 6.92 Å². The monoisotopic (exact) mass is 283 g/mol. The molecule has 0 radical (unpaired) electrons. The highest BCUT2D eigenvalue weighted by Gasteiger charge is 2.24. The van der Waals surface area contributed by atoms with Gasteiger partial charge in [0.15, 0.2) is 0 Å². The number of hydrogen-bond donors (Lipinski definition) is 1. The minimum atomic E-state index is -0.420. The summed E-state index contributed by atoms with van der Waals surface area (Å²) in [5.41, 5.74) is -0.420. The first kappa shape index (κ1) is 19.4. The molecule has 0 saturated carbocycles. The molecule has 1 N–H and O–H groups in total. The summed E-state index contributed by atoms with van der Waals surface area (Å²) in [6, 6.07) is 3.31. The Balaban J connectivity index is 4.30. The molecular weight excluding hydrogens is 250 g/mol. The molecule has 0 aliphatic heterocycles. The summed E-state index contributed by atoms with van der Waals surface area (Å²) in [5, 5.41) is 12.7. The lowest BCUT2D eigenvalue weighted by atomic mass is 9.96. The second kappa shape index (κ2) is 10.1. The zero-order valence-corrected chi connectivity index (χ0v) is 14.2. The van der Waals surface area contributed by atoms with Gasteiger partial charge < -0.3 is 4.74 Å². The average molecular weight is 283 g/mol. The van der Waals surface area contributed by atoms with Crippen LogP contribution in [0.4, 0.5) is 0 Å². The molecule has 4 heteroatoms. The standard InChI is InChI=1S/C16H33N3O/c1-7-15(4)19(11-12-20-6)10-8-9-16(5,13-17)18-14(2)3/h14-15,18H,7-12H2,1-6H3. The number of nitrogens with one attached hydrogen (secondary N) is 1. The van der Waals surface area contributed by atoms with Crippen LogP contribution in [0.1, 0.15) is 53.9 Å². The Labute approximate surface area is 125 Å². The quantitative estimate of drug-likeness (QED) is 0.633. The van der Waals surface area contributed by atoms with Gasteiger partial charge in [0.2, 0.25) is 0 Å². The average Bonchev–Trinajstić information content (AvgIpc) is 2.41. The largest absolute Gasteiger partial charge is 0.383 e. The van der Waals surface area contributed by atoms with Crippen LogP contribution in [0.15, 0.2) is 0 Å². The summed E-state index contributed by atoms with van der Waals surface area (Å²) >= 11 is 0. The van der Waals surface area contributed by atoms with E-state index >= 15 is 0 Å². The number of hydrogen-bond acceptors (Lipinski definition) is 4. The highest BCUT2D eigenvalue weighted by molar-refractivity contribution is 5.04. The van der Waals surface area contributed by atoms with E-state index in [4.69, 9.17) is 4.74 Å². The van der Waals surface area contributed by atoms with E-state index in [-0.39, 0.29) is 0 Å². The molecule has 0 heterocycles. The molecule has 0 aromatic rings. The van der Waals surface area contributed by atoms with Crippen LogP contribution in [0, 0.1) is 11.3 Å².